The van der Waals surface area contributed by atoms with Gasteiger partial charge in [-0.2, -0.15) is 23.3 Å². The number of imidazole rings is 1. The summed E-state index contributed by atoms with van der Waals surface area (Å²) in [5.74, 6) is 0.280. The number of rotatable bonds is 4. The highest BCUT2D eigenvalue weighted by Gasteiger charge is 2.35. The maximum Gasteiger partial charge on any atom is 0.434 e. The number of aromatic nitrogens is 6. The van der Waals surface area contributed by atoms with Gasteiger partial charge in [-0.25, -0.2) is 14.6 Å². The van der Waals surface area contributed by atoms with E-state index in [0.29, 0.717) is 17.8 Å². The van der Waals surface area contributed by atoms with E-state index in [2.05, 4.69) is 20.1 Å². The van der Waals surface area contributed by atoms with Crippen molar-refractivity contribution in [2.45, 2.75) is 32.6 Å². The Morgan fingerprint density at radius 2 is 1.79 bits per heavy atom. The third kappa shape index (κ3) is 3.82. The molecule has 1 aromatic carbocycles. The molecule has 0 radical (unpaired) electrons. The summed E-state index contributed by atoms with van der Waals surface area (Å²) < 4.78 is 42.5. The number of hydrogen-bond donors (Lipinski definition) is 0. The lowest BCUT2D eigenvalue weighted by Crippen LogP contribution is -2.05. The summed E-state index contributed by atoms with van der Waals surface area (Å²) in [6.07, 6.45) is -0.189. The van der Waals surface area contributed by atoms with Gasteiger partial charge in [0.1, 0.15) is 5.82 Å². The van der Waals surface area contributed by atoms with E-state index in [9.17, 15) is 13.2 Å². The third-order valence-corrected chi connectivity index (χ3v) is 4.65. The van der Waals surface area contributed by atoms with Crippen LogP contribution in [0.5, 0.6) is 0 Å². The van der Waals surface area contributed by atoms with Gasteiger partial charge in [0.15, 0.2) is 11.3 Å². The van der Waals surface area contributed by atoms with E-state index in [1.807, 2.05) is 26.0 Å². The summed E-state index contributed by atoms with van der Waals surface area (Å²) in [5, 5.41) is 5.20. The minimum atomic E-state index is -4.49. The second-order valence-corrected chi connectivity index (χ2v) is 7.20. The van der Waals surface area contributed by atoms with E-state index in [4.69, 9.17) is 11.6 Å². The molecule has 10 heteroatoms. The zero-order chi connectivity index (χ0) is 20.8. The summed E-state index contributed by atoms with van der Waals surface area (Å²) in [7, 11) is 0. The Labute approximate surface area is 169 Å². The monoisotopic (exact) mass is 420 g/mol. The summed E-state index contributed by atoms with van der Waals surface area (Å²) in [4.78, 5) is 11.9. The molecule has 0 bridgehead atoms. The normalized spacial score (nSPS) is 12.2. The third-order valence-electron chi connectivity index (χ3n) is 4.47. The molecule has 0 aliphatic carbocycles. The number of fused-ring (bicyclic) bond motifs is 1. The van der Waals surface area contributed by atoms with Gasteiger partial charge >= 0.3 is 6.18 Å². The van der Waals surface area contributed by atoms with Gasteiger partial charge in [0.25, 0.3) is 0 Å². The Morgan fingerprint density at radius 1 is 1.07 bits per heavy atom. The molecular weight excluding hydrogens is 405 g/mol. The van der Waals surface area contributed by atoms with Crippen LogP contribution in [0.2, 0.25) is 5.28 Å². The molecule has 0 aliphatic heterocycles. The quantitative estimate of drug-likeness (QED) is 0.436. The molecule has 4 aromatic rings. The summed E-state index contributed by atoms with van der Waals surface area (Å²) in [6, 6.07) is 7.01. The molecule has 0 saturated heterocycles. The van der Waals surface area contributed by atoms with Crippen molar-refractivity contribution in [2.75, 3.05) is 0 Å². The van der Waals surface area contributed by atoms with Crippen molar-refractivity contribution in [3.63, 3.8) is 0 Å². The second kappa shape index (κ2) is 7.14. The lowest BCUT2D eigenvalue weighted by molar-refractivity contribution is -0.140. The average molecular weight is 421 g/mol. The molecule has 6 nitrogen and oxygen atoms in total. The first-order chi connectivity index (χ1) is 13.7. The first-order valence-electron chi connectivity index (χ1n) is 8.82. The minimum absolute atomic E-state index is 0.135. The van der Waals surface area contributed by atoms with Gasteiger partial charge in [-0.3, -0.25) is 0 Å². The molecule has 29 heavy (non-hydrogen) atoms. The predicted octanol–water partition coefficient (Wildman–Crippen LogP) is 4.99. The standard InChI is InChI=1S/C19H16ClF3N6/c1-11(2)28-10-15(19(21,22)23)26-16(28)13-5-3-12(4-6-13)9-29-17-14(8-25-29)7-24-18(20)27-17/h3-8,10-11H,9H2,1-2H3. The molecule has 3 heterocycles. The van der Waals surface area contributed by atoms with E-state index in [1.54, 1.807) is 29.2 Å². The molecule has 0 aliphatic rings. The van der Waals surface area contributed by atoms with Gasteiger partial charge in [0.05, 0.1) is 18.1 Å². The Balaban J connectivity index is 1.64. The van der Waals surface area contributed by atoms with E-state index >= 15 is 0 Å². The van der Waals surface area contributed by atoms with Gasteiger partial charge in [0.2, 0.25) is 5.28 Å². The number of alkyl halides is 3. The number of benzene rings is 1. The van der Waals surface area contributed by atoms with Crippen LogP contribution in [0.25, 0.3) is 22.4 Å². The lowest BCUT2D eigenvalue weighted by Gasteiger charge is -2.11. The van der Waals surface area contributed by atoms with E-state index in [1.165, 1.54) is 4.57 Å². The molecule has 0 fully saturated rings. The zero-order valence-corrected chi connectivity index (χ0v) is 16.3. The number of halogens is 4. The molecule has 0 atom stereocenters. The molecule has 150 valence electrons. The Bertz CT molecular complexity index is 1160. The van der Waals surface area contributed by atoms with Crippen LogP contribution in [0.15, 0.2) is 42.9 Å². The highest BCUT2D eigenvalue weighted by atomic mass is 35.5. The maximum absolute atomic E-state index is 13.1. The van der Waals surface area contributed by atoms with Crippen LogP contribution in [-0.2, 0) is 12.7 Å². The van der Waals surface area contributed by atoms with E-state index in [0.717, 1.165) is 17.1 Å². The van der Waals surface area contributed by atoms with Crippen LogP contribution in [0.3, 0.4) is 0 Å². The molecule has 0 N–H and O–H groups in total. The zero-order valence-electron chi connectivity index (χ0n) is 15.5. The molecule has 0 saturated carbocycles. The van der Waals surface area contributed by atoms with Crippen molar-refractivity contribution in [3.8, 4) is 11.4 Å². The molecule has 4 rings (SSSR count). The van der Waals surface area contributed by atoms with Crippen LogP contribution in [-0.4, -0.2) is 29.3 Å². The van der Waals surface area contributed by atoms with Gasteiger partial charge in [0, 0.05) is 24.0 Å². The molecule has 0 spiro atoms. The van der Waals surface area contributed by atoms with Crippen molar-refractivity contribution in [2.24, 2.45) is 0 Å². The summed E-state index contributed by atoms with van der Waals surface area (Å²) in [5.41, 5.74) is 1.23. The van der Waals surface area contributed by atoms with Gasteiger partial charge in [-0.05, 0) is 31.0 Å². The number of nitrogens with zero attached hydrogens (tertiary/aromatic N) is 6. The first-order valence-corrected chi connectivity index (χ1v) is 9.19. The SMILES string of the molecule is CC(C)n1cc(C(F)(F)F)nc1-c1ccc(Cn2ncc3cnc(Cl)nc32)cc1. The van der Waals surface area contributed by atoms with Gasteiger partial charge in [-0.15, -0.1) is 0 Å². The van der Waals surface area contributed by atoms with Crippen molar-refractivity contribution >= 4 is 22.6 Å². The van der Waals surface area contributed by atoms with Crippen molar-refractivity contribution < 1.29 is 13.2 Å². The van der Waals surface area contributed by atoms with Crippen LogP contribution in [0.4, 0.5) is 13.2 Å². The Kier molecular flexibility index (Phi) is 4.77. The predicted molar refractivity (Wildman–Crippen MR) is 102 cm³/mol. The summed E-state index contributed by atoms with van der Waals surface area (Å²) in [6.45, 7) is 4.06. The molecule has 0 unspecified atom stereocenters. The van der Waals surface area contributed by atoms with Crippen molar-refractivity contribution in [1.82, 2.24) is 29.3 Å². The molecular formula is C19H16ClF3N6. The van der Waals surface area contributed by atoms with Crippen LogP contribution >= 0.6 is 11.6 Å². The summed E-state index contributed by atoms with van der Waals surface area (Å²) >= 11 is 5.86. The van der Waals surface area contributed by atoms with Crippen LogP contribution in [0.1, 0.15) is 31.1 Å². The minimum Gasteiger partial charge on any atom is -0.328 e. The first kappa shape index (κ1) is 19.4. The number of hydrogen-bond acceptors (Lipinski definition) is 4. The Morgan fingerprint density at radius 3 is 2.45 bits per heavy atom. The molecule has 0 amide bonds. The van der Waals surface area contributed by atoms with Gasteiger partial charge in [-0.1, -0.05) is 24.3 Å². The highest BCUT2D eigenvalue weighted by Crippen LogP contribution is 2.32. The highest BCUT2D eigenvalue weighted by molar-refractivity contribution is 6.28. The fourth-order valence-corrected chi connectivity index (χ4v) is 3.16. The lowest BCUT2D eigenvalue weighted by atomic mass is 10.1. The molecule has 3 aromatic heterocycles. The van der Waals surface area contributed by atoms with Crippen molar-refractivity contribution in [3.05, 3.63) is 59.4 Å². The second-order valence-electron chi connectivity index (χ2n) is 6.87. The van der Waals surface area contributed by atoms with E-state index in [-0.39, 0.29) is 17.1 Å². The Hall–Kier alpha value is -2.94. The smallest absolute Gasteiger partial charge is 0.328 e. The maximum atomic E-state index is 13.1. The van der Waals surface area contributed by atoms with Gasteiger partial charge < -0.3 is 4.57 Å². The fraction of sp³-hybridized carbons (Fsp3) is 0.263. The fourth-order valence-electron chi connectivity index (χ4n) is 3.03. The van der Waals surface area contributed by atoms with Crippen LogP contribution < -0.4 is 0 Å². The van der Waals surface area contributed by atoms with Crippen molar-refractivity contribution in [1.29, 1.82) is 0 Å². The average Bonchev–Trinajstić information content (AvgIpc) is 3.27. The topological polar surface area (TPSA) is 61.4 Å². The largest absolute Gasteiger partial charge is 0.434 e. The van der Waals surface area contributed by atoms with E-state index < -0.39 is 11.9 Å². The van der Waals surface area contributed by atoms with Crippen LogP contribution in [0, 0.1) is 0 Å².